The first-order chi connectivity index (χ1) is 6.59. The fourth-order valence-electron chi connectivity index (χ4n) is 1.73. The number of nitrogens with zero attached hydrogens (tertiary/aromatic N) is 1. The number of hydrogen-bond donors (Lipinski definition) is 0. The third kappa shape index (κ3) is 2.72. The van der Waals surface area contributed by atoms with Gasteiger partial charge in [-0.3, -0.25) is 0 Å². The quantitative estimate of drug-likeness (QED) is 0.546. The maximum absolute atomic E-state index is 12.9. The maximum Gasteiger partial charge on any atom is 0.399 e. The predicted molar refractivity (Wildman–Crippen MR) is 57.9 cm³/mol. The van der Waals surface area contributed by atoms with Crippen LogP contribution >= 0.6 is 0 Å². The van der Waals surface area contributed by atoms with Crippen LogP contribution in [0.2, 0.25) is 0 Å². The van der Waals surface area contributed by atoms with E-state index >= 15 is 0 Å². The van der Waals surface area contributed by atoms with Gasteiger partial charge in [0, 0.05) is 36.1 Å². The predicted octanol–water partition coefficient (Wildman–Crippen LogP) is 1.27. The summed E-state index contributed by atoms with van der Waals surface area (Å²) < 4.78 is 35.3. The van der Waals surface area contributed by atoms with Crippen LogP contribution in [0.5, 0.6) is 0 Å². The van der Waals surface area contributed by atoms with Crippen molar-refractivity contribution < 1.29 is 12.3 Å². The van der Waals surface area contributed by atoms with Crippen molar-refractivity contribution in [1.29, 1.82) is 0 Å². The maximum atomic E-state index is 12.9. The average molecular weight is 238 g/mol. The summed E-state index contributed by atoms with van der Waals surface area (Å²) in [7, 11) is -4.61. The molecule has 0 saturated heterocycles. The van der Waals surface area contributed by atoms with Crippen LogP contribution < -0.4 is 4.31 Å². The van der Waals surface area contributed by atoms with E-state index in [9.17, 15) is 12.3 Å². The molecule has 1 aliphatic rings. The van der Waals surface area contributed by atoms with Gasteiger partial charge in [0.15, 0.2) is 0 Å². The van der Waals surface area contributed by atoms with Crippen molar-refractivity contribution in [3.8, 4) is 0 Å². The van der Waals surface area contributed by atoms with Gasteiger partial charge in [0.25, 0.3) is 0 Å². The Hall–Kier alpha value is -0.100. The summed E-state index contributed by atoms with van der Waals surface area (Å²) in [6.45, 7) is 0.232. The van der Waals surface area contributed by atoms with Gasteiger partial charge in [-0.15, -0.1) is 0 Å². The second kappa shape index (κ2) is 4.82. The number of aryl methyl sites for hydroxylation is 1. The molecule has 1 aromatic carbocycles. The Morgan fingerprint density at radius 1 is 1.27 bits per heavy atom. The first kappa shape index (κ1) is 13.0. The zero-order chi connectivity index (χ0) is 10.2. The monoisotopic (exact) mass is 238 g/mol. The van der Waals surface area contributed by atoms with Crippen LogP contribution in [0.25, 0.3) is 0 Å². The third-order valence-corrected chi connectivity index (χ3v) is 3.24. The fraction of sp³-hybridized carbons (Fsp3) is 0.333. The normalized spacial score (nSPS) is 15.4. The molecule has 1 heterocycles. The average Bonchev–Trinajstić information content (AvgIpc) is 2.15. The molecule has 1 radical (unpaired) electrons. The molecule has 0 N–H and O–H groups in total. The standard InChI is InChI=1S/C9H10FNO2S.Na/c10-14(12,13)11-7-3-5-8-4-1-2-6-9(8)11;/h1-2,4,6H,3,5,7H2;. The Bertz CT molecular complexity index is 449. The summed E-state index contributed by atoms with van der Waals surface area (Å²) in [6, 6.07) is 6.99. The molecule has 77 valence electrons. The number of rotatable bonds is 1. The topological polar surface area (TPSA) is 37.4 Å². The van der Waals surface area contributed by atoms with E-state index in [-0.39, 0.29) is 36.1 Å². The molecule has 2 rings (SSSR count). The van der Waals surface area contributed by atoms with Crippen LogP contribution in [0.1, 0.15) is 12.0 Å². The van der Waals surface area contributed by atoms with Gasteiger partial charge in [-0.2, -0.15) is 8.42 Å². The minimum absolute atomic E-state index is 0. The summed E-state index contributed by atoms with van der Waals surface area (Å²) in [4.78, 5) is 0. The first-order valence-corrected chi connectivity index (χ1v) is 5.73. The van der Waals surface area contributed by atoms with Crippen molar-refractivity contribution in [2.45, 2.75) is 12.8 Å². The Labute approximate surface area is 111 Å². The number of halogens is 1. The minimum Gasteiger partial charge on any atom is -0.244 e. The van der Waals surface area contributed by atoms with E-state index in [1.54, 1.807) is 12.1 Å². The largest absolute Gasteiger partial charge is 0.399 e. The summed E-state index contributed by atoms with van der Waals surface area (Å²) in [5.41, 5.74) is 1.36. The second-order valence-corrected chi connectivity index (χ2v) is 4.51. The van der Waals surface area contributed by atoms with Gasteiger partial charge in [0.05, 0.1) is 5.69 Å². The summed E-state index contributed by atoms with van der Waals surface area (Å²) in [6.07, 6.45) is 1.47. The van der Waals surface area contributed by atoms with E-state index in [2.05, 4.69) is 0 Å². The molecule has 0 spiro atoms. The van der Waals surface area contributed by atoms with E-state index in [4.69, 9.17) is 0 Å². The van der Waals surface area contributed by atoms with E-state index in [1.165, 1.54) is 0 Å². The number of anilines is 1. The third-order valence-electron chi connectivity index (χ3n) is 2.33. The Kier molecular flexibility index (Phi) is 4.17. The molecular weight excluding hydrogens is 228 g/mol. The van der Waals surface area contributed by atoms with Gasteiger partial charge < -0.3 is 0 Å². The molecule has 15 heavy (non-hydrogen) atoms. The number of para-hydroxylation sites is 1. The van der Waals surface area contributed by atoms with Crippen LogP contribution in [0.4, 0.5) is 9.57 Å². The van der Waals surface area contributed by atoms with Gasteiger partial charge in [-0.1, -0.05) is 22.1 Å². The molecular formula is C9H10FNNaO2S. The second-order valence-electron chi connectivity index (χ2n) is 3.25. The van der Waals surface area contributed by atoms with Crippen molar-refractivity contribution in [2.24, 2.45) is 0 Å². The molecule has 0 saturated carbocycles. The molecule has 3 nitrogen and oxygen atoms in total. The van der Waals surface area contributed by atoms with Crippen LogP contribution in [0.3, 0.4) is 0 Å². The van der Waals surface area contributed by atoms with E-state index < -0.39 is 10.4 Å². The van der Waals surface area contributed by atoms with Gasteiger partial charge in [-0.25, -0.2) is 4.31 Å². The molecule has 0 amide bonds. The molecule has 1 aliphatic heterocycles. The Balaban J connectivity index is 0.00000112. The minimum atomic E-state index is -4.61. The summed E-state index contributed by atoms with van der Waals surface area (Å²) in [5.74, 6) is 0. The molecule has 0 aromatic heterocycles. The van der Waals surface area contributed by atoms with Gasteiger partial charge in [0.2, 0.25) is 0 Å². The molecule has 0 atom stereocenters. The molecule has 0 bridgehead atoms. The first-order valence-electron chi connectivity index (χ1n) is 4.39. The van der Waals surface area contributed by atoms with Crippen LogP contribution in [0.15, 0.2) is 24.3 Å². The molecule has 1 aromatic rings. The molecule has 0 unspecified atom stereocenters. The summed E-state index contributed by atoms with van der Waals surface area (Å²) in [5, 5.41) is 0. The van der Waals surface area contributed by atoms with Crippen LogP contribution in [0, 0.1) is 0 Å². The van der Waals surface area contributed by atoms with Crippen molar-refractivity contribution >= 4 is 45.7 Å². The SMILES string of the molecule is O=S(=O)(F)N1CCCc2ccccc21.[Na]. The molecule has 0 fully saturated rings. The van der Waals surface area contributed by atoms with Crippen molar-refractivity contribution in [3.05, 3.63) is 29.8 Å². The zero-order valence-corrected chi connectivity index (χ0v) is 11.3. The molecule has 0 aliphatic carbocycles. The van der Waals surface area contributed by atoms with Gasteiger partial charge in [-0.05, 0) is 24.5 Å². The van der Waals surface area contributed by atoms with Gasteiger partial charge >= 0.3 is 10.4 Å². The Morgan fingerprint density at radius 2 is 1.93 bits per heavy atom. The molecule has 6 heteroatoms. The number of fused-ring (bicyclic) bond motifs is 1. The van der Waals surface area contributed by atoms with E-state index in [1.807, 2.05) is 12.1 Å². The van der Waals surface area contributed by atoms with Gasteiger partial charge in [0.1, 0.15) is 0 Å². The van der Waals surface area contributed by atoms with Crippen molar-refractivity contribution in [3.63, 3.8) is 0 Å². The smallest absolute Gasteiger partial charge is 0.244 e. The van der Waals surface area contributed by atoms with E-state index in [0.29, 0.717) is 12.1 Å². The van der Waals surface area contributed by atoms with Crippen LogP contribution in [-0.4, -0.2) is 44.5 Å². The van der Waals surface area contributed by atoms with E-state index in [0.717, 1.165) is 16.3 Å². The zero-order valence-electron chi connectivity index (χ0n) is 8.48. The number of hydrogen-bond acceptors (Lipinski definition) is 2. The fourth-order valence-corrected chi connectivity index (χ4v) is 2.49. The van der Waals surface area contributed by atoms with Crippen molar-refractivity contribution in [2.75, 3.05) is 10.8 Å². The Morgan fingerprint density at radius 3 is 2.60 bits per heavy atom. The number of benzene rings is 1. The summed E-state index contributed by atoms with van der Waals surface area (Å²) >= 11 is 0. The van der Waals surface area contributed by atoms with Crippen molar-refractivity contribution in [1.82, 2.24) is 0 Å². The van der Waals surface area contributed by atoms with Crippen LogP contribution in [-0.2, 0) is 16.8 Å².